The van der Waals surface area contributed by atoms with Crippen LogP contribution in [0.5, 0.6) is 0 Å². The van der Waals surface area contributed by atoms with Gasteiger partial charge in [0.2, 0.25) is 5.36 Å². The smallest absolute Gasteiger partial charge is 0.339 e. The molecule has 266 valence electrons. The fourth-order valence-corrected chi connectivity index (χ4v) is 7.62. The molecule has 6 rings (SSSR count). The average Bonchev–Trinajstić information content (AvgIpc) is 3.04. The number of nitrogens with zero attached hydrogens (tertiary/aromatic N) is 2. The number of alkyl halides is 1. The highest BCUT2D eigenvalue weighted by molar-refractivity contribution is 7.21. The number of ether oxygens (including phenoxy) is 2. The Morgan fingerprint density at radius 1 is 0.860 bits per heavy atom. The quantitative estimate of drug-likeness (QED) is 0.0437. The Kier molecular flexibility index (Phi) is 11.9. The van der Waals surface area contributed by atoms with Crippen LogP contribution in [0.15, 0.2) is 36.4 Å². The van der Waals surface area contributed by atoms with Crippen LogP contribution in [0, 0.1) is 17.5 Å². The third-order valence-corrected chi connectivity index (χ3v) is 10.6. The lowest BCUT2D eigenvalue weighted by Gasteiger charge is -2.33. The second-order valence-electron chi connectivity index (χ2n) is 12.5. The number of carboxylic acids is 1. The number of hydrogen-bond acceptors (Lipinski definition) is 6. The van der Waals surface area contributed by atoms with E-state index in [0.29, 0.717) is 30.0 Å². The van der Waals surface area contributed by atoms with Crippen molar-refractivity contribution in [2.75, 3.05) is 69.9 Å². The summed E-state index contributed by atoms with van der Waals surface area (Å²) in [5, 5.41) is 14.0. The Hall–Kier alpha value is -3.71. The molecular weight excluding hydrogens is 691 g/mol. The molecular formula is C37H40ClF3N3O5S+. The Bertz CT molecular complexity index is 1930. The van der Waals surface area contributed by atoms with Crippen LogP contribution in [0.1, 0.15) is 59.2 Å². The fraction of sp³-hybridized carbons (Fsp3) is 0.432. The van der Waals surface area contributed by atoms with E-state index < -0.39 is 46.0 Å². The topological polar surface area (TPSA) is 91.1 Å². The summed E-state index contributed by atoms with van der Waals surface area (Å²) in [6.07, 6.45) is 6.09. The van der Waals surface area contributed by atoms with Crippen molar-refractivity contribution in [3.63, 3.8) is 0 Å². The van der Waals surface area contributed by atoms with Crippen LogP contribution in [-0.2, 0) is 9.47 Å². The number of nitrogens with one attached hydrogen (secondary N) is 1. The predicted octanol–water partition coefficient (Wildman–Crippen LogP) is 6.74. The maximum absolute atomic E-state index is 16.7. The van der Waals surface area contributed by atoms with E-state index in [0.717, 1.165) is 85.3 Å². The number of rotatable bonds is 16. The van der Waals surface area contributed by atoms with Crippen molar-refractivity contribution in [1.29, 1.82) is 0 Å². The van der Waals surface area contributed by atoms with Gasteiger partial charge in [-0.2, -0.15) is 0 Å². The van der Waals surface area contributed by atoms with Crippen LogP contribution in [-0.4, -0.2) is 82.0 Å². The van der Waals surface area contributed by atoms with Gasteiger partial charge < -0.3 is 24.8 Å². The normalized spacial score (nSPS) is 14.2. The van der Waals surface area contributed by atoms with Crippen molar-refractivity contribution in [2.45, 2.75) is 38.5 Å². The predicted molar refractivity (Wildman–Crippen MR) is 190 cm³/mol. The molecule has 0 radical (unpaired) electrons. The second-order valence-corrected chi connectivity index (χ2v) is 13.9. The van der Waals surface area contributed by atoms with Gasteiger partial charge in [-0.05, 0) is 37.5 Å². The standard InChI is InChI=1S/C37H39ClF3N3O5S/c38-11-3-1-2-4-17-48-19-20-49-18-12-42-36(45)32-33(39)30(31(37(46)47)34(40)35(32)41)29-25-9-7-23(43-13-5-14-43)21-27(25)50-28-22-24(8-10-26(28)29)44-15-6-16-44/h7-10,21-22H,1-6,11-20H2,(H-,42,45,46,47)/p+1. The number of fused-ring (bicyclic) bond motifs is 2. The van der Waals surface area contributed by atoms with Gasteiger partial charge in [-0.15, -0.1) is 22.9 Å². The van der Waals surface area contributed by atoms with Crippen molar-refractivity contribution in [3.05, 3.63) is 70.3 Å². The summed E-state index contributed by atoms with van der Waals surface area (Å²) in [5.41, 5.74) is -1.52. The van der Waals surface area contributed by atoms with Gasteiger partial charge in [-0.1, -0.05) is 18.9 Å². The number of hydrogen-bond donors (Lipinski definition) is 2. The number of aromatic carboxylic acids is 1. The Labute approximate surface area is 297 Å². The number of anilines is 1. The highest BCUT2D eigenvalue weighted by Gasteiger charge is 2.35. The molecule has 0 bridgehead atoms. The number of amides is 1. The Balaban J connectivity index is 1.31. The molecule has 50 heavy (non-hydrogen) atoms. The minimum atomic E-state index is -1.87. The number of halogens is 4. The summed E-state index contributed by atoms with van der Waals surface area (Å²) < 4.78 is 61.9. The molecule has 2 aromatic rings. The maximum Gasteiger partial charge on any atom is 0.339 e. The zero-order valence-corrected chi connectivity index (χ0v) is 29.2. The van der Waals surface area contributed by atoms with Crippen LogP contribution >= 0.6 is 22.9 Å². The average molecular weight is 731 g/mol. The van der Waals surface area contributed by atoms with Crippen LogP contribution < -0.4 is 20.1 Å². The van der Waals surface area contributed by atoms with Crippen LogP contribution in [0.3, 0.4) is 0 Å². The van der Waals surface area contributed by atoms with Crippen molar-refractivity contribution >= 4 is 50.6 Å². The van der Waals surface area contributed by atoms with Gasteiger partial charge in [0.1, 0.15) is 30.0 Å². The van der Waals surface area contributed by atoms with Gasteiger partial charge in [0.15, 0.2) is 11.6 Å². The molecule has 0 aromatic heterocycles. The van der Waals surface area contributed by atoms with Gasteiger partial charge in [0.25, 0.3) is 5.91 Å². The number of carbonyl (C=O) groups is 2. The van der Waals surface area contributed by atoms with Gasteiger partial charge >= 0.3 is 5.97 Å². The largest absolute Gasteiger partial charge is 0.478 e. The van der Waals surface area contributed by atoms with E-state index in [4.69, 9.17) is 21.1 Å². The molecule has 3 aliphatic heterocycles. The first kappa shape index (κ1) is 36.1. The summed E-state index contributed by atoms with van der Waals surface area (Å²) in [6.45, 7) is 4.65. The number of carbonyl (C=O) groups excluding carboxylic acids is 1. The van der Waals surface area contributed by atoms with E-state index in [-0.39, 0.29) is 25.3 Å². The number of unbranched alkanes of at least 4 members (excludes halogenated alkanes) is 3. The van der Waals surface area contributed by atoms with Gasteiger partial charge in [-0.25, -0.2) is 22.5 Å². The lowest BCUT2D eigenvalue weighted by Crippen LogP contribution is -2.40. The highest BCUT2D eigenvalue weighted by atomic mass is 35.5. The van der Waals surface area contributed by atoms with Crippen molar-refractivity contribution in [3.8, 4) is 21.6 Å². The third kappa shape index (κ3) is 7.63. The molecule has 2 N–H and O–H groups in total. The minimum Gasteiger partial charge on any atom is -0.478 e. The molecule has 4 aliphatic rings. The Morgan fingerprint density at radius 3 is 2.28 bits per heavy atom. The third-order valence-electron chi connectivity index (χ3n) is 9.22. The molecule has 8 nitrogen and oxygen atoms in total. The first-order chi connectivity index (χ1) is 24.3. The van der Waals surface area contributed by atoms with Crippen LogP contribution in [0.2, 0.25) is 0 Å². The zero-order valence-electron chi connectivity index (χ0n) is 27.7. The van der Waals surface area contributed by atoms with Crippen molar-refractivity contribution in [2.24, 2.45) is 0 Å². The second kappa shape index (κ2) is 16.5. The number of benzene rings is 3. The molecule has 0 saturated carbocycles. The lowest BCUT2D eigenvalue weighted by atomic mass is 9.89. The molecule has 0 spiro atoms. The molecule has 13 heteroatoms. The molecule has 2 fully saturated rings. The van der Waals surface area contributed by atoms with E-state index >= 15 is 13.2 Å². The lowest BCUT2D eigenvalue weighted by molar-refractivity contribution is 0.0468. The molecule has 3 heterocycles. The van der Waals surface area contributed by atoms with Gasteiger partial charge in [-0.3, -0.25) is 4.79 Å². The summed E-state index contributed by atoms with van der Waals surface area (Å²) in [5.74, 6) is -7.54. The summed E-state index contributed by atoms with van der Waals surface area (Å²) >= 11 is 7.13. The molecule has 2 saturated heterocycles. The first-order valence-corrected chi connectivity index (χ1v) is 18.4. The zero-order chi connectivity index (χ0) is 35.2. The van der Waals surface area contributed by atoms with Crippen LogP contribution in [0.25, 0.3) is 31.7 Å². The van der Waals surface area contributed by atoms with Crippen LogP contribution in [0.4, 0.5) is 18.9 Å². The molecule has 1 amide bonds. The molecule has 0 unspecified atom stereocenters. The fourth-order valence-electron chi connectivity index (χ4n) is 6.27. The SMILES string of the molecule is O=C(NCCOCCOCCCCCCCl)c1c(F)c(F)c(C(=O)O)c(-c2c3ccc(=[N+]4CCC4)cc-3sc3cc(N4CCC4)ccc23)c1F. The molecule has 2 aromatic carbocycles. The summed E-state index contributed by atoms with van der Waals surface area (Å²) in [7, 11) is 0. The van der Waals surface area contributed by atoms with E-state index in [9.17, 15) is 14.7 Å². The maximum atomic E-state index is 16.7. The van der Waals surface area contributed by atoms with Crippen molar-refractivity contribution in [1.82, 2.24) is 9.89 Å². The number of carboxylic acid groups (broad SMARTS) is 1. The minimum absolute atomic E-state index is 0.0185. The van der Waals surface area contributed by atoms with Gasteiger partial charge in [0, 0.05) is 81.6 Å². The van der Waals surface area contributed by atoms with Gasteiger partial charge in [0.05, 0.1) is 26.2 Å². The van der Waals surface area contributed by atoms with E-state index in [1.807, 2.05) is 24.3 Å². The Morgan fingerprint density at radius 2 is 1.60 bits per heavy atom. The molecule has 1 aliphatic carbocycles. The monoisotopic (exact) mass is 730 g/mol. The summed E-state index contributed by atoms with van der Waals surface area (Å²) in [6, 6.07) is 11.1. The summed E-state index contributed by atoms with van der Waals surface area (Å²) in [4.78, 5) is 28.7. The molecule has 0 atom stereocenters. The van der Waals surface area contributed by atoms with Crippen molar-refractivity contribution < 1.29 is 37.3 Å². The highest BCUT2D eigenvalue weighted by Crippen LogP contribution is 2.47. The first-order valence-electron chi connectivity index (χ1n) is 17.1. The van der Waals surface area contributed by atoms with E-state index in [1.54, 1.807) is 12.1 Å². The van der Waals surface area contributed by atoms with E-state index in [1.165, 1.54) is 11.3 Å². The van der Waals surface area contributed by atoms with E-state index in [2.05, 4.69) is 14.8 Å².